The second-order valence-electron chi connectivity index (χ2n) is 3.73. The number of benzene rings is 2. The first-order valence-corrected chi connectivity index (χ1v) is 5.27. The molecule has 77 valence electrons. The van der Waals surface area contributed by atoms with Crippen LogP contribution in [0.25, 0.3) is 16.7 Å². The number of hydrogen-bond donors (Lipinski definition) is 0. The predicted molar refractivity (Wildman–Crippen MR) is 64.6 cm³/mol. The quantitative estimate of drug-likeness (QED) is 0.599. The minimum atomic E-state index is 0.989. The molecular weight excluding hydrogens is 196 g/mol. The van der Waals surface area contributed by atoms with Gasteiger partial charge in [-0.3, -0.25) is 4.57 Å². The van der Waals surface area contributed by atoms with Gasteiger partial charge in [-0.25, -0.2) is 4.98 Å². The van der Waals surface area contributed by atoms with Crippen molar-refractivity contribution in [2.24, 2.45) is 0 Å². The fraction of sp³-hybridized carbons (Fsp3) is 0.0714. The van der Waals surface area contributed by atoms with Crippen molar-refractivity contribution in [3.8, 4) is 5.69 Å². The fourth-order valence-corrected chi connectivity index (χ4v) is 1.97. The topological polar surface area (TPSA) is 17.8 Å². The lowest BCUT2D eigenvalue weighted by Crippen LogP contribution is -1.95. The van der Waals surface area contributed by atoms with Gasteiger partial charge in [-0.1, -0.05) is 30.3 Å². The molecule has 0 N–H and O–H groups in total. The Kier molecular flexibility index (Phi) is 2.00. The average molecular weight is 207 g/mol. The molecule has 0 aliphatic rings. The summed E-state index contributed by atoms with van der Waals surface area (Å²) in [7, 11) is 0. The van der Waals surface area contributed by atoms with Crippen LogP contribution >= 0.6 is 0 Å². The predicted octanol–water partition coefficient (Wildman–Crippen LogP) is 3.13. The Morgan fingerprint density at radius 3 is 2.69 bits per heavy atom. The molecule has 2 aromatic carbocycles. The Hall–Kier alpha value is -2.09. The van der Waals surface area contributed by atoms with Crippen molar-refractivity contribution in [3.05, 3.63) is 60.4 Å². The zero-order valence-electron chi connectivity index (χ0n) is 9.01. The number of rotatable bonds is 1. The highest BCUT2D eigenvalue weighted by Gasteiger charge is 2.07. The van der Waals surface area contributed by atoms with Crippen LogP contribution in [-0.2, 0) is 0 Å². The number of aromatic nitrogens is 2. The largest absolute Gasteiger partial charge is 0.296 e. The molecule has 0 bridgehead atoms. The maximum atomic E-state index is 4.52. The highest BCUT2D eigenvalue weighted by molar-refractivity contribution is 5.77. The molecule has 3 aromatic rings. The lowest BCUT2D eigenvalue weighted by Gasteiger charge is -2.05. The van der Waals surface area contributed by atoms with Gasteiger partial charge in [0.05, 0.1) is 11.0 Å². The Balaban J connectivity index is 2.35. The second kappa shape index (κ2) is 3.49. The third kappa shape index (κ3) is 1.31. The summed E-state index contributed by atoms with van der Waals surface area (Å²) in [6, 6.07) is 19.4. The Morgan fingerprint density at radius 2 is 1.88 bits per heavy atom. The summed E-state index contributed by atoms with van der Waals surface area (Å²) in [5, 5.41) is 0. The van der Waals surface area contributed by atoms with Crippen LogP contribution in [0.1, 0.15) is 5.82 Å². The maximum Gasteiger partial charge on any atom is 0.111 e. The molecule has 1 aromatic heterocycles. The number of nitrogens with zero attached hydrogens (tertiary/aromatic N) is 2. The van der Waals surface area contributed by atoms with Gasteiger partial charge in [-0.05, 0) is 25.1 Å². The summed E-state index contributed by atoms with van der Waals surface area (Å²) >= 11 is 0. The summed E-state index contributed by atoms with van der Waals surface area (Å²) in [5.74, 6) is 0.989. The van der Waals surface area contributed by atoms with Gasteiger partial charge in [0, 0.05) is 11.8 Å². The lowest BCUT2D eigenvalue weighted by atomic mass is 10.3. The van der Waals surface area contributed by atoms with E-state index in [0.29, 0.717) is 0 Å². The molecule has 0 saturated carbocycles. The molecule has 0 unspecified atom stereocenters. The van der Waals surface area contributed by atoms with Gasteiger partial charge in [0.2, 0.25) is 0 Å². The van der Waals surface area contributed by atoms with E-state index in [2.05, 4.69) is 27.8 Å². The number of hydrogen-bond acceptors (Lipinski definition) is 1. The van der Waals surface area contributed by atoms with Crippen LogP contribution in [-0.4, -0.2) is 9.55 Å². The Labute approximate surface area is 94.2 Å². The van der Waals surface area contributed by atoms with Gasteiger partial charge in [0.25, 0.3) is 0 Å². The normalized spacial score (nSPS) is 10.8. The van der Waals surface area contributed by atoms with E-state index >= 15 is 0 Å². The third-order valence-electron chi connectivity index (χ3n) is 2.66. The molecular formula is C14H11N2. The van der Waals surface area contributed by atoms with E-state index in [1.165, 1.54) is 0 Å². The van der Waals surface area contributed by atoms with Crippen LogP contribution in [0.5, 0.6) is 0 Å². The maximum absolute atomic E-state index is 4.52. The van der Waals surface area contributed by atoms with E-state index in [9.17, 15) is 0 Å². The van der Waals surface area contributed by atoms with Crippen molar-refractivity contribution < 1.29 is 0 Å². The second-order valence-corrected chi connectivity index (χ2v) is 3.73. The number of aryl methyl sites for hydroxylation is 1. The van der Waals surface area contributed by atoms with Crippen LogP contribution in [0.2, 0.25) is 0 Å². The van der Waals surface area contributed by atoms with Crippen molar-refractivity contribution in [1.29, 1.82) is 0 Å². The van der Waals surface area contributed by atoms with Crippen molar-refractivity contribution in [3.63, 3.8) is 0 Å². The molecule has 16 heavy (non-hydrogen) atoms. The number of imidazole rings is 1. The van der Waals surface area contributed by atoms with Gasteiger partial charge < -0.3 is 0 Å². The zero-order chi connectivity index (χ0) is 11.0. The first-order chi connectivity index (χ1) is 7.86. The van der Waals surface area contributed by atoms with E-state index < -0.39 is 0 Å². The Bertz CT molecular complexity index is 624. The molecule has 0 aliphatic heterocycles. The SMILES string of the molecule is Cc1nc2ccc[c]c2n1-c1ccccc1. The monoisotopic (exact) mass is 207 g/mol. The third-order valence-corrected chi connectivity index (χ3v) is 2.66. The number of para-hydroxylation sites is 2. The van der Waals surface area contributed by atoms with E-state index in [0.717, 1.165) is 22.5 Å². The summed E-state index contributed by atoms with van der Waals surface area (Å²) in [6.07, 6.45) is 0. The standard InChI is InChI=1S/C14H11N2/c1-11-15-13-9-5-6-10-14(13)16(11)12-7-3-2-4-8-12/h2-9H,1H3. The molecule has 0 aliphatic carbocycles. The summed E-state index contributed by atoms with van der Waals surface area (Å²) in [4.78, 5) is 4.52. The minimum Gasteiger partial charge on any atom is -0.296 e. The van der Waals surface area contributed by atoms with Crippen molar-refractivity contribution in [2.75, 3.05) is 0 Å². The molecule has 2 heteroatoms. The molecule has 1 radical (unpaired) electrons. The van der Waals surface area contributed by atoms with E-state index in [-0.39, 0.29) is 0 Å². The molecule has 0 saturated heterocycles. The Morgan fingerprint density at radius 1 is 1.06 bits per heavy atom. The van der Waals surface area contributed by atoms with E-state index in [4.69, 9.17) is 0 Å². The minimum absolute atomic E-state index is 0.989. The summed E-state index contributed by atoms with van der Waals surface area (Å²) in [6.45, 7) is 2.01. The molecule has 2 nitrogen and oxygen atoms in total. The summed E-state index contributed by atoms with van der Waals surface area (Å²) in [5.41, 5.74) is 3.15. The smallest absolute Gasteiger partial charge is 0.111 e. The molecule has 3 rings (SSSR count). The van der Waals surface area contributed by atoms with Gasteiger partial charge in [0.1, 0.15) is 5.82 Å². The average Bonchev–Trinajstić information content (AvgIpc) is 2.66. The van der Waals surface area contributed by atoms with Crippen molar-refractivity contribution in [2.45, 2.75) is 6.92 Å². The van der Waals surface area contributed by atoms with Crippen molar-refractivity contribution >= 4 is 11.0 Å². The molecule has 0 atom stereocenters. The highest BCUT2D eigenvalue weighted by atomic mass is 15.1. The first-order valence-electron chi connectivity index (χ1n) is 5.27. The number of fused-ring (bicyclic) bond motifs is 1. The van der Waals surface area contributed by atoms with Crippen LogP contribution in [0.3, 0.4) is 0 Å². The first kappa shape index (κ1) is 9.16. The summed E-state index contributed by atoms with van der Waals surface area (Å²) < 4.78 is 2.12. The van der Waals surface area contributed by atoms with E-state index in [1.807, 2.05) is 43.3 Å². The van der Waals surface area contributed by atoms with Crippen LogP contribution in [0.4, 0.5) is 0 Å². The van der Waals surface area contributed by atoms with Gasteiger partial charge in [0.15, 0.2) is 0 Å². The van der Waals surface area contributed by atoms with Crippen LogP contribution in [0.15, 0.2) is 48.5 Å². The van der Waals surface area contributed by atoms with Gasteiger partial charge in [-0.15, -0.1) is 0 Å². The molecule has 1 heterocycles. The molecule has 0 spiro atoms. The highest BCUT2D eigenvalue weighted by Crippen LogP contribution is 2.19. The van der Waals surface area contributed by atoms with Crippen LogP contribution < -0.4 is 0 Å². The van der Waals surface area contributed by atoms with Crippen molar-refractivity contribution in [1.82, 2.24) is 9.55 Å². The van der Waals surface area contributed by atoms with Gasteiger partial charge in [-0.2, -0.15) is 0 Å². The lowest BCUT2D eigenvalue weighted by molar-refractivity contribution is 1.00. The fourth-order valence-electron chi connectivity index (χ4n) is 1.97. The van der Waals surface area contributed by atoms with Gasteiger partial charge >= 0.3 is 0 Å². The zero-order valence-corrected chi connectivity index (χ0v) is 9.01. The van der Waals surface area contributed by atoms with E-state index in [1.54, 1.807) is 0 Å². The molecule has 0 fully saturated rings. The molecule has 0 amide bonds. The van der Waals surface area contributed by atoms with Crippen LogP contribution in [0, 0.1) is 13.0 Å².